The molecule has 0 spiro atoms. The van der Waals surface area contributed by atoms with E-state index in [4.69, 9.17) is 5.73 Å². The van der Waals surface area contributed by atoms with Crippen LogP contribution in [0.5, 0.6) is 0 Å². The molecule has 0 saturated heterocycles. The van der Waals surface area contributed by atoms with Gasteiger partial charge >= 0.3 is 0 Å². The van der Waals surface area contributed by atoms with Crippen LogP contribution in [0.1, 0.15) is 23.5 Å². The Bertz CT molecular complexity index is 697. The van der Waals surface area contributed by atoms with Crippen LogP contribution in [0.15, 0.2) is 23.6 Å². The molecule has 0 aliphatic rings. The first kappa shape index (κ1) is 11.8. The van der Waals surface area contributed by atoms with E-state index < -0.39 is 0 Å². The highest BCUT2D eigenvalue weighted by atomic mass is 32.1. The average Bonchev–Trinajstić information content (AvgIpc) is 2.93. The molecule has 3 aromatic rings. The molecule has 0 amide bonds. The predicted octanol–water partition coefficient (Wildman–Crippen LogP) is 3.75. The summed E-state index contributed by atoms with van der Waals surface area (Å²) >= 11 is 3.28. The van der Waals surface area contributed by atoms with Gasteiger partial charge in [0.25, 0.3) is 0 Å². The Hall–Kier alpha value is -1.30. The van der Waals surface area contributed by atoms with Crippen molar-refractivity contribution in [2.75, 3.05) is 0 Å². The van der Waals surface area contributed by atoms with Crippen molar-refractivity contribution in [2.24, 2.45) is 5.73 Å². The molecule has 92 valence electrons. The number of nitrogens with zero attached hydrogens (tertiary/aromatic N) is 2. The maximum absolute atomic E-state index is 5.83. The minimum Gasteiger partial charge on any atom is -0.322 e. The molecule has 18 heavy (non-hydrogen) atoms. The van der Waals surface area contributed by atoms with E-state index in [9.17, 15) is 0 Å². The highest BCUT2D eigenvalue weighted by molar-refractivity contribution is 7.22. The van der Waals surface area contributed by atoms with Crippen molar-refractivity contribution < 1.29 is 0 Å². The molecular formula is C13H13N3S2. The summed E-state index contributed by atoms with van der Waals surface area (Å²) in [5.74, 6) is 0. The lowest BCUT2D eigenvalue weighted by Gasteiger charge is -1.96. The van der Waals surface area contributed by atoms with Crippen molar-refractivity contribution in [3.8, 4) is 10.7 Å². The van der Waals surface area contributed by atoms with Crippen LogP contribution >= 0.6 is 22.7 Å². The lowest BCUT2D eigenvalue weighted by molar-refractivity contribution is 0.808. The normalized spacial score (nSPS) is 13.1. The summed E-state index contributed by atoms with van der Waals surface area (Å²) in [7, 11) is 0. The lowest BCUT2D eigenvalue weighted by Crippen LogP contribution is -2.03. The van der Waals surface area contributed by atoms with Crippen molar-refractivity contribution in [3.63, 3.8) is 0 Å². The number of rotatable bonds is 2. The summed E-state index contributed by atoms with van der Waals surface area (Å²) in [4.78, 5) is 9.16. The third kappa shape index (κ3) is 2.05. The summed E-state index contributed by atoms with van der Waals surface area (Å²) in [6.45, 7) is 4.04. The number of aryl methyl sites for hydroxylation is 1. The third-order valence-corrected chi connectivity index (χ3v) is 4.76. The fourth-order valence-electron chi connectivity index (χ4n) is 1.74. The van der Waals surface area contributed by atoms with Crippen molar-refractivity contribution in [1.29, 1.82) is 0 Å². The molecule has 3 rings (SSSR count). The van der Waals surface area contributed by atoms with Gasteiger partial charge in [-0.25, -0.2) is 9.97 Å². The molecule has 0 bridgehead atoms. The zero-order valence-electron chi connectivity index (χ0n) is 10.2. The van der Waals surface area contributed by atoms with Gasteiger partial charge in [-0.2, -0.15) is 0 Å². The van der Waals surface area contributed by atoms with Gasteiger partial charge in [0.1, 0.15) is 15.7 Å². The highest BCUT2D eigenvalue weighted by Gasteiger charge is 2.11. The van der Waals surface area contributed by atoms with Crippen LogP contribution in [0.4, 0.5) is 0 Å². The first-order valence-electron chi connectivity index (χ1n) is 5.72. The topological polar surface area (TPSA) is 51.8 Å². The molecule has 0 aliphatic carbocycles. The molecule has 2 aromatic heterocycles. The largest absolute Gasteiger partial charge is 0.322 e. The van der Waals surface area contributed by atoms with Gasteiger partial charge in [0.15, 0.2) is 0 Å². The van der Waals surface area contributed by atoms with Crippen LogP contribution in [0.25, 0.3) is 20.9 Å². The number of benzene rings is 1. The average molecular weight is 275 g/mol. The Morgan fingerprint density at radius 1 is 1.28 bits per heavy atom. The van der Waals surface area contributed by atoms with Gasteiger partial charge in [-0.15, -0.1) is 22.7 Å². The smallest absolute Gasteiger partial charge is 0.143 e. The first-order chi connectivity index (χ1) is 8.63. The molecule has 3 nitrogen and oxygen atoms in total. The molecule has 1 atom stereocenters. The van der Waals surface area contributed by atoms with E-state index in [-0.39, 0.29) is 6.04 Å². The predicted molar refractivity (Wildman–Crippen MR) is 78.1 cm³/mol. The van der Waals surface area contributed by atoms with E-state index in [1.165, 1.54) is 10.3 Å². The minimum atomic E-state index is -0.0135. The molecule has 0 fully saturated rings. The van der Waals surface area contributed by atoms with Crippen LogP contribution in [0.3, 0.4) is 0 Å². The van der Waals surface area contributed by atoms with Gasteiger partial charge < -0.3 is 5.73 Å². The number of hydrogen-bond donors (Lipinski definition) is 1. The highest BCUT2D eigenvalue weighted by Crippen LogP contribution is 2.32. The zero-order chi connectivity index (χ0) is 12.7. The summed E-state index contributed by atoms with van der Waals surface area (Å²) < 4.78 is 1.21. The van der Waals surface area contributed by atoms with Gasteiger partial charge in [-0.1, -0.05) is 6.07 Å². The van der Waals surface area contributed by atoms with E-state index >= 15 is 0 Å². The SMILES string of the molecule is Cc1ccc2nc(-c3csc(C(C)N)n3)sc2c1. The fourth-order valence-corrected chi connectivity index (χ4v) is 3.60. The lowest BCUT2D eigenvalue weighted by atomic mass is 10.2. The molecule has 1 unspecified atom stereocenters. The van der Waals surface area contributed by atoms with E-state index in [0.717, 1.165) is 21.2 Å². The second-order valence-electron chi connectivity index (χ2n) is 4.35. The Morgan fingerprint density at radius 2 is 2.11 bits per heavy atom. The van der Waals surface area contributed by atoms with Gasteiger partial charge in [-0.05, 0) is 31.5 Å². The zero-order valence-corrected chi connectivity index (χ0v) is 11.8. The van der Waals surface area contributed by atoms with Crippen molar-refractivity contribution >= 4 is 32.9 Å². The van der Waals surface area contributed by atoms with Crippen molar-refractivity contribution in [3.05, 3.63) is 34.2 Å². The molecule has 2 heterocycles. The molecule has 1 aromatic carbocycles. The quantitative estimate of drug-likeness (QED) is 0.775. The van der Waals surface area contributed by atoms with Gasteiger partial charge in [0.05, 0.1) is 16.3 Å². The monoisotopic (exact) mass is 275 g/mol. The summed E-state index contributed by atoms with van der Waals surface area (Å²) in [6.07, 6.45) is 0. The Labute approximate surface area is 113 Å². The molecular weight excluding hydrogens is 262 g/mol. The number of nitrogens with two attached hydrogens (primary N) is 1. The molecule has 0 aliphatic heterocycles. The summed E-state index contributed by atoms with van der Waals surface area (Å²) in [5, 5.41) is 3.96. The Kier molecular flexibility index (Phi) is 2.89. The number of thiazole rings is 2. The van der Waals surface area contributed by atoms with Crippen LogP contribution < -0.4 is 5.73 Å². The molecule has 0 radical (unpaired) electrons. The Morgan fingerprint density at radius 3 is 2.83 bits per heavy atom. The first-order valence-corrected chi connectivity index (χ1v) is 7.41. The number of aromatic nitrogens is 2. The number of hydrogen-bond acceptors (Lipinski definition) is 5. The second-order valence-corrected chi connectivity index (χ2v) is 6.27. The standard InChI is InChI=1S/C13H13N3S2/c1-7-3-4-9-11(5-7)18-13(15-9)10-6-17-12(16-10)8(2)14/h3-6,8H,14H2,1-2H3. The Balaban J connectivity index is 2.07. The van der Waals surface area contributed by atoms with Gasteiger partial charge in [0.2, 0.25) is 0 Å². The van der Waals surface area contributed by atoms with Crippen LogP contribution in [0.2, 0.25) is 0 Å². The van der Waals surface area contributed by atoms with Gasteiger partial charge in [-0.3, -0.25) is 0 Å². The third-order valence-electron chi connectivity index (χ3n) is 2.67. The van der Waals surface area contributed by atoms with E-state index in [1.54, 1.807) is 22.7 Å². The van der Waals surface area contributed by atoms with Crippen molar-refractivity contribution in [2.45, 2.75) is 19.9 Å². The summed E-state index contributed by atoms with van der Waals surface area (Å²) in [6, 6.07) is 6.29. The van der Waals surface area contributed by atoms with Crippen LogP contribution in [-0.2, 0) is 0 Å². The molecule has 0 saturated carbocycles. The molecule has 5 heteroatoms. The van der Waals surface area contributed by atoms with Crippen molar-refractivity contribution in [1.82, 2.24) is 9.97 Å². The minimum absolute atomic E-state index is 0.0135. The maximum atomic E-state index is 5.83. The van der Waals surface area contributed by atoms with Crippen LogP contribution in [0, 0.1) is 6.92 Å². The molecule has 2 N–H and O–H groups in total. The number of fused-ring (bicyclic) bond motifs is 1. The van der Waals surface area contributed by atoms with Crippen LogP contribution in [-0.4, -0.2) is 9.97 Å². The maximum Gasteiger partial charge on any atom is 0.143 e. The fraction of sp³-hybridized carbons (Fsp3) is 0.231. The summed E-state index contributed by atoms with van der Waals surface area (Å²) in [5.41, 5.74) is 9.06. The van der Waals surface area contributed by atoms with E-state index in [1.807, 2.05) is 12.3 Å². The van der Waals surface area contributed by atoms with E-state index in [2.05, 4.69) is 35.1 Å². The van der Waals surface area contributed by atoms with Gasteiger partial charge in [0, 0.05) is 5.38 Å². The second kappa shape index (κ2) is 4.42. The van der Waals surface area contributed by atoms with E-state index in [0.29, 0.717) is 0 Å².